The summed E-state index contributed by atoms with van der Waals surface area (Å²) in [4.78, 5) is 0. The summed E-state index contributed by atoms with van der Waals surface area (Å²) in [5.41, 5.74) is 0. The zero-order valence-electron chi connectivity index (χ0n) is 13.0. The number of hydrogen-bond donors (Lipinski definition) is 0. The molecule has 19 heavy (non-hydrogen) atoms. The third-order valence-electron chi connectivity index (χ3n) is 2.90. The number of alkyl halides is 1. The van der Waals surface area contributed by atoms with Crippen LogP contribution in [0.5, 0.6) is 0 Å². The van der Waals surface area contributed by atoms with Crippen LogP contribution in [0.4, 0.5) is 0 Å². The Balaban J connectivity index is -0.000000366. The molecular formula is C16H37BrMgO. The van der Waals surface area contributed by atoms with Crippen LogP contribution in [-0.4, -0.2) is 41.6 Å². The Morgan fingerprint density at radius 1 is 0.632 bits per heavy atom. The number of rotatable bonds is 12. The van der Waals surface area contributed by atoms with Gasteiger partial charge in [0.25, 0.3) is 0 Å². The summed E-state index contributed by atoms with van der Waals surface area (Å²) < 4.78 is 4.83. The first-order valence-electron chi connectivity index (χ1n) is 7.97. The van der Waals surface area contributed by atoms with Crippen LogP contribution in [0.3, 0.4) is 0 Å². The van der Waals surface area contributed by atoms with Crippen molar-refractivity contribution in [3.63, 3.8) is 0 Å². The van der Waals surface area contributed by atoms with Crippen molar-refractivity contribution in [2.75, 3.05) is 18.5 Å². The largest absolute Gasteiger partial charge is 0.382 e. The maximum Gasteiger partial charge on any atom is 0.316 e. The molecule has 0 atom stereocenters. The fourth-order valence-electron chi connectivity index (χ4n) is 1.79. The van der Waals surface area contributed by atoms with Gasteiger partial charge in [-0.3, -0.25) is 0 Å². The normalized spacial score (nSPS) is 9.47. The fraction of sp³-hybridized carbons (Fsp3) is 1.00. The van der Waals surface area contributed by atoms with E-state index < -0.39 is 0 Å². The zero-order chi connectivity index (χ0) is 13.9. The predicted molar refractivity (Wildman–Crippen MR) is 96.3 cm³/mol. The Morgan fingerprint density at radius 2 is 1.00 bits per heavy atom. The predicted octanol–water partition coefficient (Wildman–Crippen LogP) is 5.43. The molecule has 0 unspecified atom stereocenters. The Morgan fingerprint density at radius 3 is 1.26 bits per heavy atom. The lowest BCUT2D eigenvalue weighted by Gasteiger charge is -2.00. The van der Waals surface area contributed by atoms with Gasteiger partial charge < -0.3 is 4.74 Å². The van der Waals surface area contributed by atoms with Crippen molar-refractivity contribution in [1.82, 2.24) is 0 Å². The lowest BCUT2D eigenvalue weighted by molar-refractivity contribution is 0.162. The van der Waals surface area contributed by atoms with E-state index in [0.29, 0.717) is 0 Å². The molecule has 0 aliphatic heterocycles. The van der Waals surface area contributed by atoms with E-state index in [1.807, 2.05) is 13.8 Å². The molecule has 0 N–H and O–H groups in total. The van der Waals surface area contributed by atoms with Gasteiger partial charge in [-0.1, -0.05) is 80.6 Å². The molecule has 3 heteroatoms. The highest BCUT2D eigenvalue weighted by molar-refractivity contribution is 9.09. The smallest absolute Gasteiger partial charge is 0.316 e. The van der Waals surface area contributed by atoms with Gasteiger partial charge in [-0.2, -0.15) is 0 Å². The van der Waals surface area contributed by atoms with Gasteiger partial charge >= 0.3 is 23.1 Å². The summed E-state index contributed by atoms with van der Waals surface area (Å²) >= 11 is 3.46. The molecule has 0 fully saturated rings. The molecule has 0 rings (SSSR count). The number of unbranched alkanes of at least 4 members (excludes halogenated alkanes) is 9. The monoisotopic (exact) mass is 348 g/mol. The van der Waals surface area contributed by atoms with E-state index in [1.165, 1.54) is 69.5 Å². The minimum absolute atomic E-state index is 0. The summed E-state index contributed by atoms with van der Waals surface area (Å²) in [6.07, 6.45) is 14.3. The molecule has 0 spiro atoms. The average molecular weight is 350 g/mol. The summed E-state index contributed by atoms with van der Waals surface area (Å²) in [7, 11) is 0. The standard InChI is InChI=1S/C12H25Br.C4H10O.Mg.2H/c1-2-3-4-5-6-7-8-9-10-11-12-13;1-3-5-4-2;;;/h2-12H2,1H3;3-4H2,1-2H3;;;. The molecule has 0 aromatic carbocycles. The van der Waals surface area contributed by atoms with E-state index >= 15 is 0 Å². The van der Waals surface area contributed by atoms with Crippen molar-refractivity contribution >= 4 is 39.0 Å². The second-order valence-corrected chi connectivity index (χ2v) is 5.45. The van der Waals surface area contributed by atoms with Gasteiger partial charge in [0, 0.05) is 18.5 Å². The molecule has 0 heterocycles. The summed E-state index contributed by atoms with van der Waals surface area (Å²) in [6.45, 7) is 7.94. The highest BCUT2D eigenvalue weighted by atomic mass is 79.9. The van der Waals surface area contributed by atoms with Gasteiger partial charge in [-0.25, -0.2) is 0 Å². The van der Waals surface area contributed by atoms with Crippen molar-refractivity contribution in [3.8, 4) is 0 Å². The van der Waals surface area contributed by atoms with Gasteiger partial charge in [0.2, 0.25) is 0 Å². The van der Waals surface area contributed by atoms with E-state index in [9.17, 15) is 0 Å². The molecule has 0 aromatic rings. The van der Waals surface area contributed by atoms with Crippen molar-refractivity contribution in [3.05, 3.63) is 0 Å². The van der Waals surface area contributed by atoms with Crippen LogP contribution in [0.2, 0.25) is 0 Å². The van der Waals surface area contributed by atoms with Gasteiger partial charge in [0.05, 0.1) is 0 Å². The topological polar surface area (TPSA) is 9.23 Å². The maximum absolute atomic E-state index is 4.83. The number of halogens is 1. The van der Waals surface area contributed by atoms with Crippen LogP contribution in [0, 0.1) is 0 Å². The zero-order valence-corrected chi connectivity index (χ0v) is 14.6. The molecule has 0 aliphatic rings. The quantitative estimate of drug-likeness (QED) is 0.259. The lowest BCUT2D eigenvalue weighted by Crippen LogP contribution is -1.84. The van der Waals surface area contributed by atoms with E-state index in [0.717, 1.165) is 13.2 Å². The fourth-order valence-corrected chi connectivity index (χ4v) is 2.18. The van der Waals surface area contributed by atoms with Crippen LogP contribution in [-0.2, 0) is 4.74 Å². The maximum atomic E-state index is 4.83. The molecule has 0 amide bonds. The third-order valence-corrected chi connectivity index (χ3v) is 3.46. The molecular weight excluding hydrogens is 312 g/mol. The summed E-state index contributed by atoms with van der Waals surface area (Å²) in [6, 6.07) is 0. The van der Waals surface area contributed by atoms with Gasteiger partial charge in [0.1, 0.15) is 0 Å². The van der Waals surface area contributed by atoms with Crippen LogP contribution in [0.1, 0.15) is 85.0 Å². The average Bonchev–Trinajstić information content (AvgIpc) is 2.39. The van der Waals surface area contributed by atoms with E-state index in [2.05, 4.69) is 22.9 Å². The van der Waals surface area contributed by atoms with Gasteiger partial charge in [-0.15, -0.1) is 0 Å². The molecule has 0 aromatic heterocycles. The molecule has 1 nitrogen and oxygen atoms in total. The van der Waals surface area contributed by atoms with E-state index in [-0.39, 0.29) is 23.1 Å². The lowest BCUT2D eigenvalue weighted by atomic mass is 10.1. The first-order chi connectivity index (χ1) is 8.83. The van der Waals surface area contributed by atoms with Crippen LogP contribution in [0.15, 0.2) is 0 Å². The van der Waals surface area contributed by atoms with E-state index in [1.54, 1.807) is 0 Å². The Kier molecular flexibility index (Phi) is 36.5. The SMILES string of the molecule is CCCCCCCCCCCCBr.CCOCC.[MgH2]. The minimum atomic E-state index is 0. The third kappa shape index (κ3) is 32.6. The Bertz CT molecular complexity index is 111. The van der Waals surface area contributed by atoms with Crippen molar-refractivity contribution in [2.45, 2.75) is 85.0 Å². The molecule has 0 saturated carbocycles. The van der Waals surface area contributed by atoms with Gasteiger partial charge in [0.15, 0.2) is 0 Å². The van der Waals surface area contributed by atoms with Crippen LogP contribution < -0.4 is 0 Å². The number of hydrogen-bond acceptors (Lipinski definition) is 1. The highest BCUT2D eigenvalue weighted by Crippen LogP contribution is 2.10. The first-order valence-corrected chi connectivity index (χ1v) is 9.09. The Hall–Kier alpha value is 1.21. The molecule has 116 valence electrons. The van der Waals surface area contributed by atoms with Crippen molar-refractivity contribution in [2.24, 2.45) is 0 Å². The van der Waals surface area contributed by atoms with Crippen molar-refractivity contribution in [1.29, 1.82) is 0 Å². The molecule has 0 radical (unpaired) electrons. The minimum Gasteiger partial charge on any atom is -0.382 e. The Labute approximate surface area is 146 Å². The van der Waals surface area contributed by atoms with Crippen LogP contribution in [0.25, 0.3) is 0 Å². The van der Waals surface area contributed by atoms with Crippen LogP contribution >= 0.6 is 15.9 Å². The van der Waals surface area contributed by atoms with Gasteiger partial charge in [-0.05, 0) is 20.3 Å². The second kappa shape index (κ2) is 27.5. The highest BCUT2D eigenvalue weighted by Gasteiger charge is 1.91. The molecule has 0 saturated heterocycles. The summed E-state index contributed by atoms with van der Waals surface area (Å²) in [5, 5.41) is 1.18. The number of ether oxygens (including phenoxy) is 1. The summed E-state index contributed by atoms with van der Waals surface area (Å²) in [5.74, 6) is 0. The second-order valence-electron chi connectivity index (χ2n) is 4.65. The molecule has 0 bridgehead atoms. The first kappa shape index (κ1) is 25.2. The van der Waals surface area contributed by atoms with Crippen molar-refractivity contribution < 1.29 is 4.74 Å². The molecule has 0 aliphatic carbocycles. The van der Waals surface area contributed by atoms with E-state index in [4.69, 9.17) is 4.74 Å².